The van der Waals surface area contributed by atoms with Crippen molar-refractivity contribution in [1.82, 2.24) is 19.8 Å². The molecule has 0 saturated carbocycles. The normalized spacial score (nSPS) is 11.6. The highest BCUT2D eigenvalue weighted by atomic mass is 32.2. The zero-order valence-electron chi connectivity index (χ0n) is 18.5. The van der Waals surface area contributed by atoms with Crippen molar-refractivity contribution in [2.24, 2.45) is 0 Å². The molecular weight excluding hydrogens is 454 g/mol. The molecule has 0 unspecified atom stereocenters. The number of rotatable bonds is 7. The van der Waals surface area contributed by atoms with Crippen LogP contribution in [0, 0.1) is 0 Å². The summed E-state index contributed by atoms with van der Waals surface area (Å²) < 4.78 is 38.8. The topological polar surface area (TPSA) is 108 Å². The first-order valence-electron chi connectivity index (χ1n) is 10.4. The Morgan fingerprint density at radius 2 is 1.71 bits per heavy atom. The number of aromatic nitrogens is 4. The Bertz CT molecular complexity index is 1600. The summed E-state index contributed by atoms with van der Waals surface area (Å²) in [5.41, 5.74) is 1.67. The van der Waals surface area contributed by atoms with Gasteiger partial charge in [-0.05, 0) is 42.5 Å². The monoisotopic (exact) mass is 475 g/mol. The minimum Gasteiger partial charge on any atom is -0.497 e. The van der Waals surface area contributed by atoms with Crippen LogP contribution in [0.25, 0.3) is 16.6 Å². The molecule has 2 aromatic heterocycles. The van der Waals surface area contributed by atoms with Gasteiger partial charge in [-0.2, -0.15) is 4.52 Å². The molecule has 0 radical (unpaired) electrons. The average Bonchev–Trinajstić information content (AvgIpc) is 3.32. The van der Waals surface area contributed by atoms with E-state index in [-0.39, 0.29) is 15.6 Å². The second-order valence-corrected chi connectivity index (χ2v) is 9.32. The molecule has 172 valence electrons. The second-order valence-electron chi connectivity index (χ2n) is 7.46. The van der Waals surface area contributed by atoms with Crippen LogP contribution >= 0.6 is 0 Å². The number of hydrogen-bond acceptors (Lipinski definition) is 8. The van der Waals surface area contributed by atoms with Crippen LogP contribution in [0.1, 0.15) is 5.56 Å². The molecule has 0 bridgehead atoms. The number of nitrogens with zero attached hydrogens (tertiary/aromatic N) is 4. The molecule has 0 atom stereocenters. The Morgan fingerprint density at radius 1 is 0.941 bits per heavy atom. The third-order valence-corrected chi connectivity index (χ3v) is 7.13. The lowest BCUT2D eigenvalue weighted by Gasteiger charge is -2.13. The van der Waals surface area contributed by atoms with Gasteiger partial charge in [-0.3, -0.25) is 0 Å². The minimum atomic E-state index is -3.92. The highest BCUT2D eigenvalue weighted by molar-refractivity contribution is 7.91. The first-order valence-corrected chi connectivity index (χ1v) is 11.9. The van der Waals surface area contributed by atoms with E-state index >= 15 is 0 Å². The molecule has 34 heavy (non-hydrogen) atoms. The van der Waals surface area contributed by atoms with Crippen LogP contribution in [0.15, 0.2) is 82.7 Å². The maximum Gasteiger partial charge on any atom is 0.229 e. The summed E-state index contributed by atoms with van der Waals surface area (Å²) in [6, 6.07) is 21.1. The third kappa shape index (κ3) is 3.67. The molecule has 2 heterocycles. The molecule has 3 aromatic carbocycles. The van der Waals surface area contributed by atoms with Gasteiger partial charge in [0.05, 0.1) is 24.6 Å². The summed E-state index contributed by atoms with van der Waals surface area (Å²) in [5.74, 6) is 1.89. The molecular formula is C24H21N5O4S. The zero-order valence-corrected chi connectivity index (χ0v) is 19.3. The van der Waals surface area contributed by atoms with Gasteiger partial charge >= 0.3 is 0 Å². The van der Waals surface area contributed by atoms with Crippen molar-refractivity contribution in [3.8, 4) is 11.5 Å². The van der Waals surface area contributed by atoms with Gasteiger partial charge in [0.1, 0.15) is 17.3 Å². The number of nitrogens with one attached hydrogen (secondary N) is 1. The number of ether oxygens (including phenoxy) is 2. The molecule has 0 aliphatic rings. The number of hydrogen-bond donors (Lipinski definition) is 1. The summed E-state index contributed by atoms with van der Waals surface area (Å²) in [5, 5.41) is 12.0. The van der Waals surface area contributed by atoms with Gasteiger partial charge in [-0.1, -0.05) is 35.5 Å². The molecule has 5 aromatic rings. The van der Waals surface area contributed by atoms with Gasteiger partial charge in [0.25, 0.3) is 0 Å². The van der Waals surface area contributed by atoms with E-state index in [1.807, 2.05) is 42.5 Å². The second kappa shape index (κ2) is 8.64. The largest absolute Gasteiger partial charge is 0.497 e. The molecule has 9 nitrogen and oxygen atoms in total. The Morgan fingerprint density at radius 3 is 2.47 bits per heavy atom. The van der Waals surface area contributed by atoms with E-state index in [4.69, 9.17) is 9.47 Å². The first kappa shape index (κ1) is 21.7. The van der Waals surface area contributed by atoms with E-state index in [0.29, 0.717) is 29.4 Å². The Labute approximate surface area is 195 Å². The maximum atomic E-state index is 13.3. The van der Waals surface area contributed by atoms with Crippen molar-refractivity contribution < 1.29 is 17.9 Å². The van der Waals surface area contributed by atoms with Crippen molar-refractivity contribution in [1.29, 1.82) is 0 Å². The minimum absolute atomic E-state index is 0.128. The van der Waals surface area contributed by atoms with Crippen LogP contribution in [0.5, 0.6) is 11.5 Å². The number of benzene rings is 3. The number of para-hydroxylation sites is 1. The van der Waals surface area contributed by atoms with Crippen molar-refractivity contribution >= 4 is 32.2 Å². The average molecular weight is 476 g/mol. The summed E-state index contributed by atoms with van der Waals surface area (Å²) in [7, 11) is -0.714. The standard InChI is InChI=1S/C24H21N5O4S/c1-32-17-12-13-21(33-2)16(14-17)15-25-22-19-10-6-7-11-20(19)29-23(26-22)24(27-28-29)34(30,31)18-8-4-3-5-9-18/h3-14H,15H2,1-2H3,(H,25,26). The fraction of sp³-hybridized carbons (Fsp3) is 0.125. The van der Waals surface area contributed by atoms with Crippen molar-refractivity contribution in [3.63, 3.8) is 0 Å². The van der Waals surface area contributed by atoms with Crippen LogP contribution in [0.2, 0.25) is 0 Å². The van der Waals surface area contributed by atoms with Crippen LogP contribution in [-0.4, -0.2) is 42.4 Å². The van der Waals surface area contributed by atoms with Crippen LogP contribution in [-0.2, 0) is 16.4 Å². The molecule has 0 saturated heterocycles. The number of anilines is 1. The Hall–Kier alpha value is -4.18. The van der Waals surface area contributed by atoms with Gasteiger partial charge in [-0.15, -0.1) is 5.10 Å². The maximum absolute atomic E-state index is 13.3. The fourth-order valence-electron chi connectivity index (χ4n) is 3.76. The Balaban J connectivity index is 1.63. The highest BCUT2D eigenvalue weighted by Gasteiger charge is 2.27. The molecule has 0 amide bonds. The van der Waals surface area contributed by atoms with Gasteiger partial charge in [0, 0.05) is 17.5 Å². The first-order chi connectivity index (χ1) is 16.5. The lowest BCUT2D eigenvalue weighted by atomic mass is 10.1. The smallest absolute Gasteiger partial charge is 0.229 e. The quantitative estimate of drug-likeness (QED) is 0.379. The summed E-state index contributed by atoms with van der Waals surface area (Å²) >= 11 is 0. The summed E-state index contributed by atoms with van der Waals surface area (Å²) in [6.07, 6.45) is 0. The lowest BCUT2D eigenvalue weighted by molar-refractivity contribution is 0.399. The number of fused-ring (bicyclic) bond motifs is 3. The van der Waals surface area contributed by atoms with Gasteiger partial charge in [-0.25, -0.2) is 13.4 Å². The van der Waals surface area contributed by atoms with E-state index in [2.05, 4.69) is 20.6 Å². The number of methoxy groups -OCH3 is 2. The predicted octanol–water partition coefficient (Wildman–Crippen LogP) is 3.74. The predicted molar refractivity (Wildman–Crippen MR) is 127 cm³/mol. The highest BCUT2D eigenvalue weighted by Crippen LogP contribution is 2.29. The zero-order chi connectivity index (χ0) is 23.7. The SMILES string of the molecule is COc1ccc(OC)c(CNc2nc3c(S(=O)(=O)c4ccccc4)nnn3c3ccccc23)c1. The van der Waals surface area contributed by atoms with Gasteiger partial charge in [0.2, 0.25) is 14.9 Å². The Kier molecular flexibility index (Phi) is 5.50. The third-order valence-electron chi connectivity index (χ3n) is 5.46. The van der Waals surface area contributed by atoms with Gasteiger partial charge in [0.15, 0.2) is 5.65 Å². The molecule has 0 aliphatic heterocycles. The van der Waals surface area contributed by atoms with Crippen molar-refractivity contribution in [3.05, 3.63) is 78.4 Å². The van der Waals surface area contributed by atoms with Crippen molar-refractivity contribution in [2.75, 3.05) is 19.5 Å². The van der Waals surface area contributed by atoms with Crippen LogP contribution in [0.4, 0.5) is 5.82 Å². The van der Waals surface area contributed by atoms with E-state index < -0.39 is 9.84 Å². The lowest BCUT2D eigenvalue weighted by Crippen LogP contribution is -2.08. The van der Waals surface area contributed by atoms with E-state index in [9.17, 15) is 8.42 Å². The summed E-state index contributed by atoms with van der Waals surface area (Å²) in [6.45, 7) is 0.371. The molecule has 5 rings (SSSR count). The van der Waals surface area contributed by atoms with Gasteiger partial charge < -0.3 is 14.8 Å². The van der Waals surface area contributed by atoms with Crippen LogP contribution < -0.4 is 14.8 Å². The fourth-order valence-corrected chi connectivity index (χ4v) is 5.02. The molecule has 10 heteroatoms. The summed E-state index contributed by atoms with van der Waals surface area (Å²) in [4.78, 5) is 4.77. The van der Waals surface area contributed by atoms with E-state index in [0.717, 1.165) is 10.9 Å². The van der Waals surface area contributed by atoms with E-state index in [1.54, 1.807) is 32.4 Å². The van der Waals surface area contributed by atoms with Crippen molar-refractivity contribution in [2.45, 2.75) is 16.5 Å². The molecule has 0 fully saturated rings. The molecule has 1 N–H and O–H groups in total. The van der Waals surface area contributed by atoms with E-state index in [1.165, 1.54) is 16.6 Å². The molecule has 0 spiro atoms. The van der Waals surface area contributed by atoms with Crippen LogP contribution in [0.3, 0.4) is 0 Å². The molecule has 0 aliphatic carbocycles. The number of sulfone groups is 1.